The molecule has 3 aromatic rings. The Morgan fingerprint density at radius 3 is 2.29 bits per heavy atom. The molecule has 0 aliphatic heterocycles. The van der Waals surface area contributed by atoms with E-state index < -0.39 is 35.2 Å². The molecule has 1 amide bonds. The van der Waals surface area contributed by atoms with Crippen LogP contribution in [-0.4, -0.2) is 23.0 Å². The first-order valence-corrected chi connectivity index (χ1v) is 8.44. The van der Waals surface area contributed by atoms with Gasteiger partial charge in [0.25, 0.3) is 5.91 Å². The van der Waals surface area contributed by atoms with Crippen molar-refractivity contribution in [2.24, 2.45) is 0 Å². The second-order valence-corrected chi connectivity index (χ2v) is 6.25. The van der Waals surface area contributed by atoms with E-state index in [0.29, 0.717) is 5.56 Å². The number of carboxylic acids is 1. The summed E-state index contributed by atoms with van der Waals surface area (Å²) in [5.41, 5.74) is -1.05. The second-order valence-electron chi connectivity index (χ2n) is 6.25. The monoisotopic (exact) mass is 387 g/mol. The average molecular weight is 387 g/mol. The van der Waals surface area contributed by atoms with Gasteiger partial charge < -0.3 is 10.4 Å². The predicted molar refractivity (Wildman–Crippen MR) is 98.0 cm³/mol. The molecule has 0 saturated carbocycles. The Balaban J connectivity index is 1.89. The maximum Gasteiger partial charge on any atom is 0.417 e. The van der Waals surface area contributed by atoms with Crippen LogP contribution in [0, 0.1) is 0 Å². The van der Waals surface area contributed by atoms with Crippen molar-refractivity contribution in [2.75, 3.05) is 0 Å². The van der Waals surface area contributed by atoms with E-state index in [1.807, 2.05) is 24.3 Å². The van der Waals surface area contributed by atoms with Crippen LogP contribution in [-0.2, 0) is 17.4 Å². The minimum absolute atomic E-state index is 0.0589. The van der Waals surface area contributed by atoms with Crippen LogP contribution < -0.4 is 5.32 Å². The van der Waals surface area contributed by atoms with E-state index in [-0.39, 0.29) is 6.42 Å². The standard InChI is InChI=1S/C21H16F3NO3/c22-21(23,24)17-11-4-3-10-16(17)19(26)25-18(20(27)28)12-14-8-5-7-13-6-1-2-9-15(13)14/h1-11,18H,12H2,(H,25,26)(H,27,28)/t18-/m0/s1. The Kier molecular flexibility index (Phi) is 5.35. The lowest BCUT2D eigenvalue weighted by Gasteiger charge is -2.18. The number of carboxylic acid groups (broad SMARTS) is 1. The van der Waals surface area contributed by atoms with Crippen LogP contribution >= 0.6 is 0 Å². The van der Waals surface area contributed by atoms with Gasteiger partial charge in [-0.1, -0.05) is 54.6 Å². The largest absolute Gasteiger partial charge is 0.480 e. The summed E-state index contributed by atoms with van der Waals surface area (Å²) in [5, 5.41) is 13.4. The molecule has 7 heteroatoms. The molecule has 1 atom stereocenters. The van der Waals surface area contributed by atoms with Crippen molar-refractivity contribution in [1.82, 2.24) is 5.32 Å². The molecule has 3 aromatic carbocycles. The average Bonchev–Trinajstić information content (AvgIpc) is 2.67. The number of carbonyl (C=O) groups excluding carboxylic acids is 1. The quantitative estimate of drug-likeness (QED) is 0.687. The van der Waals surface area contributed by atoms with Gasteiger partial charge in [-0.25, -0.2) is 4.79 Å². The van der Waals surface area contributed by atoms with Crippen LogP contribution in [0.3, 0.4) is 0 Å². The third kappa shape index (κ3) is 4.14. The molecule has 0 heterocycles. The zero-order valence-corrected chi connectivity index (χ0v) is 14.5. The maximum atomic E-state index is 13.1. The van der Waals surface area contributed by atoms with Crippen molar-refractivity contribution in [1.29, 1.82) is 0 Å². The van der Waals surface area contributed by atoms with E-state index in [2.05, 4.69) is 5.32 Å². The summed E-state index contributed by atoms with van der Waals surface area (Å²) >= 11 is 0. The van der Waals surface area contributed by atoms with E-state index in [1.165, 1.54) is 12.1 Å². The fourth-order valence-corrected chi connectivity index (χ4v) is 3.05. The summed E-state index contributed by atoms with van der Waals surface area (Å²) in [6.07, 6.45) is -4.78. The van der Waals surface area contributed by atoms with Gasteiger partial charge in [0.05, 0.1) is 11.1 Å². The van der Waals surface area contributed by atoms with Crippen molar-refractivity contribution in [3.05, 3.63) is 83.4 Å². The predicted octanol–water partition coefficient (Wildman–Crippen LogP) is 4.28. The third-order valence-electron chi connectivity index (χ3n) is 4.38. The van der Waals surface area contributed by atoms with Gasteiger partial charge in [0.2, 0.25) is 0 Å². The lowest BCUT2D eigenvalue weighted by atomic mass is 9.98. The third-order valence-corrected chi connectivity index (χ3v) is 4.38. The summed E-state index contributed by atoms with van der Waals surface area (Å²) < 4.78 is 39.4. The number of amides is 1. The highest BCUT2D eigenvalue weighted by Crippen LogP contribution is 2.31. The summed E-state index contributed by atoms with van der Waals surface area (Å²) in [4.78, 5) is 24.1. The van der Waals surface area contributed by atoms with E-state index in [1.54, 1.807) is 18.2 Å². The molecule has 0 spiro atoms. The molecule has 0 bridgehead atoms. The lowest BCUT2D eigenvalue weighted by Crippen LogP contribution is -2.42. The molecular weight excluding hydrogens is 371 g/mol. The molecule has 0 fully saturated rings. The highest BCUT2D eigenvalue weighted by atomic mass is 19.4. The minimum Gasteiger partial charge on any atom is -0.480 e. The zero-order valence-electron chi connectivity index (χ0n) is 14.5. The van der Waals surface area contributed by atoms with Crippen LogP contribution in [0.5, 0.6) is 0 Å². The van der Waals surface area contributed by atoms with Gasteiger partial charge in [0, 0.05) is 6.42 Å². The van der Waals surface area contributed by atoms with Gasteiger partial charge in [0.15, 0.2) is 0 Å². The number of alkyl halides is 3. The van der Waals surface area contributed by atoms with E-state index in [4.69, 9.17) is 0 Å². The number of hydrogen-bond donors (Lipinski definition) is 2. The minimum atomic E-state index is -4.72. The van der Waals surface area contributed by atoms with Crippen LogP contribution in [0.2, 0.25) is 0 Å². The first-order valence-electron chi connectivity index (χ1n) is 8.44. The van der Waals surface area contributed by atoms with Crippen molar-refractivity contribution in [2.45, 2.75) is 18.6 Å². The Morgan fingerprint density at radius 2 is 1.57 bits per heavy atom. The molecule has 2 N–H and O–H groups in total. The van der Waals surface area contributed by atoms with Crippen molar-refractivity contribution in [3.8, 4) is 0 Å². The molecule has 0 aromatic heterocycles. The van der Waals surface area contributed by atoms with Crippen LogP contribution in [0.4, 0.5) is 13.2 Å². The van der Waals surface area contributed by atoms with Gasteiger partial charge in [-0.2, -0.15) is 13.2 Å². The highest BCUT2D eigenvalue weighted by Gasteiger charge is 2.35. The molecule has 0 aliphatic rings. The molecule has 3 rings (SSSR count). The molecule has 0 aliphatic carbocycles. The van der Waals surface area contributed by atoms with Gasteiger partial charge >= 0.3 is 12.1 Å². The number of nitrogens with one attached hydrogen (secondary N) is 1. The van der Waals surface area contributed by atoms with Gasteiger partial charge in [-0.15, -0.1) is 0 Å². The molecule has 28 heavy (non-hydrogen) atoms. The van der Waals surface area contributed by atoms with E-state index >= 15 is 0 Å². The number of rotatable bonds is 5. The molecule has 144 valence electrons. The second kappa shape index (κ2) is 7.72. The normalized spacial score (nSPS) is 12.5. The number of benzene rings is 3. The Morgan fingerprint density at radius 1 is 0.929 bits per heavy atom. The molecule has 0 unspecified atom stereocenters. The molecule has 0 radical (unpaired) electrons. The van der Waals surface area contributed by atoms with Gasteiger partial charge in [0.1, 0.15) is 6.04 Å². The zero-order chi connectivity index (χ0) is 20.3. The Labute approximate surface area is 158 Å². The maximum absolute atomic E-state index is 13.1. The van der Waals surface area contributed by atoms with E-state index in [0.717, 1.165) is 22.9 Å². The Hall–Kier alpha value is -3.35. The summed E-state index contributed by atoms with van der Waals surface area (Å²) in [5.74, 6) is -2.41. The molecule has 0 saturated heterocycles. The number of hydrogen-bond acceptors (Lipinski definition) is 2. The van der Waals surface area contributed by atoms with Crippen molar-refractivity contribution < 1.29 is 27.9 Å². The first kappa shape index (κ1) is 19.4. The summed E-state index contributed by atoms with van der Waals surface area (Å²) in [6, 6.07) is 15.6. The number of carbonyl (C=O) groups is 2. The summed E-state index contributed by atoms with van der Waals surface area (Å²) in [6.45, 7) is 0. The number of fused-ring (bicyclic) bond motifs is 1. The van der Waals surface area contributed by atoms with Crippen LogP contribution in [0.25, 0.3) is 10.8 Å². The van der Waals surface area contributed by atoms with Crippen LogP contribution in [0.1, 0.15) is 21.5 Å². The smallest absolute Gasteiger partial charge is 0.417 e. The molecular formula is C21H16F3NO3. The highest BCUT2D eigenvalue weighted by molar-refractivity contribution is 5.98. The van der Waals surface area contributed by atoms with E-state index in [9.17, 15) is 27.9 Å². The first-order chi connectivity index (χ1) is 13.3. The van der Waals surface area contributed by atoms with Gasteiger partial charge in [-0.05, 0) is 28.5 Å². The number of halogens is 3. The van der Waals surface area contributed by atoms with Crippen molar-refractivity contribution in [3.63, 3.8) is 0 Å². The number of aliphatic carboxylic acids is 1. The summed E-state index contributed by atoms with van der Waals surface area (Å²) in [7, 11) is 0. The fraction of sp³-hybridized carbons (Fsp3) is 0.143. The fourth-order valence-electron chi connectivity index (χ4n) is 3.05. The van der Waals surface area contributed by atoms with Gasteiger partial charge in [-0.3, -0.25) is 4.79 Å². The Bertz CT molecular complexity index is 1030. The SMILES string of the molecule is O=C(N[C@@H](Cc1cccc2ccccc12)C(=O)O)c1ccccc1C(F)(F)F. The molecule has 4 nitrogen and oxygen atoms in total. The van der Waals surface area contributed by atoms with Crippen molar-refractivity contribution >= 4 is 22.6 Å². The topological polar surface area (TPSA) is 66.4 Å². The lowest BCUT2D eigenvalue weighted by molar-refractivity contribution is -0.139. The van der Waals surface area contributed by atoms with Crippen LogP contribution in [0.15, 0.2) is 66.7 Å².